The Labute approximate surface area is 376 Å². The summed E-state index contributed by atoms with van der Waals surface area (Å²) >= 11 is 4.45. The maximum atomic E-state index is 12.8. The van der Waals surface area contributed by atoms with E-state index in [2.05, 4.69) is 45.2 Å². The molecule has 1 aliphatic rings. The number of rotatable bonds is 5. The van der Waals surface area contributed by atoms with Crippen LogP contribution in [0.2, 0.25) is 0 Å². The van der Waals surface area contributed by atoms with Crippen molar-refractivity contribution in [3.63, 3.8) is 0 Å². The van der Waals surface area contributed by atoms with Crippen LogP contribution in [0.25, 0.3) is 0 Å². The van der Waals surface area contributed by atoms with Crippen molar-refractivity contribution in [1.82, 2.24) is 0 Å². The van der Waals surface area contributed by atoms with Gasteiger partial charge in [-0.2, -0.15) is 0 Å². The Hall–Kier alpha value is -5.09. The average molecular weight is 1030 g/mol. The van der Waals surface area contributed by atoms with E-state index in [1.165, 1.54) is 34.6 Å². The third-order valence-corrected chi connectivity index (χ3v) is 11.0. The van der Waals surface area contributed by atoms with Crippen LogP contribution in [0, 0.1) is 27.9 Å². The molecule has 12 heteroatoms. The van der Waals surface area contributed by atoms with Crippen LogP contribution in [0.1, 0.15) is 107 Å². The molecular weight excluding hydrogens is 990 g/mol. The van der Waals surface area contributed by atoms with Crippen molar-refractivity contribution in [1.29, 1.82) is 0 Å². The third-order valence-electron chi connectivity index (χ3n) is 9.71. The van der Waals surface area contributed by atoms with Gasteiger partial charge in [0.1, 0.15) is 28.7 Å². The van der Waals surface area contributed by atoms with E-state index < -0.39 is 29.8 Å². The molecule has 60 heavy (non-hydrogen) atoms. The number of fused-ring (bicyclic) bond motifs is 10. The van der Waals surface area contributed by atoms with E-state index in [0.717, 1.165) is 23.8 Å². The van der Waals surface area contributed by atoms with E-state index in [9.17, 15) is 24.0 Å². The average Bonchev–Trinajstić information content (AvgIpc) is 3.11. The molecular formula is C48H44I2O10. The fourth-order valence-corrected chi connectivity index (χ4v) is 9.43. The van der Waals surface area contributed by atoms with Crippen LogP contribution in [0.4, 0.5) is 0 Å². The second kappa shape index (κ2) is 18.7. The number of benzene rings is 5. The van der Waals surface area contributed by atoms with Crippen LogP contribution in [0.15, 0.2) is 60.7 Å². The minimum atomic E-state index is -0.524. The quantitative estimate of drug-likeness (QED) is 0.0935. The van der Waals surface area contributed by atoms with Gasteiger partial charge in [-0.15, -0.1) is 0 Å². The molecule has 0 radical (unpaired) electrons. The van der Waals surface area contributed by atoms with Gasteiger partial charge < -0.3 is 23.7 Å². The molecule has 0 atom stereocenters. The van der Waals surface area contributed by atoms with Crippen LogP contribution in [-0.2, 0) is 56.1 Å². The number of hydrogen-bond acceptors (Lipinski definition) is 10. The van der Waals surface area contributed by atoms with E-state index >= 15 is 0 Å². The molecule has 6 rings (SSSR count). The Kier molecular flexibility index (Phi) is 13.8. The van der Waals surface area contributed by atoms with Crippen molar-refractivity contribution in [2.75, 3.05) is 0 Å². The molecule has 0 saturated heterocycles. The van der Waals surface area contributed by atoms with E-state index in [4.69, 9.17) is 23.7 Å². The summed E-state index contributed by atoms with van der Waals surface area (Å²) in [4.78, 5) is 64.1. The molecule has 0 amide bonds. The van der Waals surface area contributed by atoms with Gasteiger partial charge in [-0.25, -0.2) is 0 Å². The summed E-state index contributed by atoms with van der Waals surface area (Å²) < 4.78 is 31.8. The summed E-state index contributed by atoms with van der Waals surface area (Å²) in [5.41, 5.74) is 9.38. The maximum absolute atomic E-state index is 12.8. The van der Waals surface area contributed by atoms with Crippen LogP contribution in [-0.4, -0.2) is 29.8 Å². The summed E-state index contributed by atoms with van der Waals surface area (Å²) in [6.07, 6.45) is 1.12. The molecule has 0 aliphatic heterocycles. The second-order valence-corrected chi connectivity index (χ2v) is 17.7. The van der Waals surface area contributed by atoms with Crippen molar-refractivity contribution < 1.29 is 47.7 Å². The molecule has 5 aromatic carbocycles. The number of carbonyl (C=O) groups is 5. The molecule has 0 fully saturated rings. The first-order valence-electron chi connectivity index (χ1n) is 19.2. The highest BCUT2D eigenvalue weighted by Gasteiger charge is 2.26. The predicted octanol–water partition coefficient (Wildman–Crippen LogP) is 9.71. The van der Waals surface area contributed by atoms with E-state index in [0.29, 0.717) is 84.4 Å². The number of ether oxygens (including phenoxy) is 5. The van der Waals surface area contributed by atoms with E-state index in [1.54, 1.807) is 0 Å². The molecule has 0 spiro atoms. The Morgan fingerprint density at radius 1 is 0.333 bits per heavy atom. The Balaban J connectivity index is 1.75. The Morgan fingerprint density at radius 2 is 0.483 bits per heavy atom. The predicted molar refractivity (Wildman–Crippen MR) is 242 cm³/mol. The van der Waals surface area contributed by atoms with Gasteiger partial charge >= 0.3 is 29.8 Å². The molecule has 310 valence electrons. The monoisotopic (exact) mass is 1030 g/mol. The molecule has 10 nitrogen and oxygen atoms in total. The SMILES string of the molecule is CC(=O)Oc1c2cc(C)cc1Cc1cc(I)cc(c1OC(C)=O)Cc1cc(C)cc(c1OC(C)=O)Cc1cc(I)cc(c1OC(C)=O)Cc1cc(C)cc(c1OC(C)=O)C2. The third kappa shape index (κ3) is 10.8. The zero-order chi connectivity index (χ0) is 43.6. The van der Waals surface area contributed by atoms with Gasteiger partial charge in [-0.05, 0) is 124 Å². The molecule has 0 unspecified atom stereocenters. The van der Waals surface area contributed by atoms with Gasteiger partial charge in [0.05, 0.1) is 0 Å². The lowest BCUT2D eigenvalue weighted by Crippen LogP contribution is -2.13. The Bertz CT molecular complexity index is 2080. The number of aryl methyl sites for hydroxylation is 3. The van der Waals surface area contributed by atoms with Crippen LogP contribution in [0.3, 0.4) is 0 Å². The van der Waals surface area contributed by atoms with Gasteiger partial charge in [-0.1, -0.05) is 53.1 Å². The van der Waals surface area contributed by atoms with Gasteiger partial charge in [0.25, 0.3) is 0 Å². The topological polar surface area (TPSA) is 132 Å². The standard InChI is InChI=1S/C48H44I2O10/c1-24-9-32-15-33-10-25(2)12-35(45(33)57-28(5)52)17-39-21-43(50)23-41(48(39)60-31(8)55)19-37-14-26(3)13-36(46(37)58-29(6)53)18-40-22-42(49)20-38(47(40)59-30(7)54)16-34(11-24)44(32)56-27(4)51/h9-14,20-23H,15-19H2,1-8H3. The summed E-state index contributed by atoms with van der Waals surface area (Å²) in [7, 11) is 0. The zero-order valence-corrected chi connectivity index (χ0v) is 39.0. The smallest absolute Gasteiger partial charge is 0.308 e. The first-order chi connectivity index (χ1) is 28.3. The number of carbonyl (C=O) groups excluding carboxylic acids is 5. The minimum Gasteiger partial charge on any atom is -0.426 e. The highest BCUT2D eigenvalue weighted by Crippen LogP contribution is 2.41. The van der Waals surface area contributed by atoms with Gasteiger partial charge in [0.2, 0.25) is 0 Å². The molecule has 0 saturated carbocycles. The fourth-order valence-electron chi connectivity index (χ4n) is 7.92. The molecule has 0 heterocycles. The largest absolute Gasteiger partial charge is 0.426 e. The van der Waals surface area contributed by atoms with Gasteiger partial charge in [0, 0.05) is 96.1 Å². The van der Waals surface area contributed by atoms with Crippen LogP contribution in [0.5, 0.6) is 28.7 Å². The summed E-state index contributed by atoms with van der Waals surface area (Å²) in [6, 6.07) is 19.4. The lowest BCUT2D eigenvalue weighted by atomic mass is 9.89. The summed E-state index contributed by atoms with van der Waals surface area (Å²) in [5.74, 6) is -0.918. The molecule has 0 N–H and O–H groups in total. The zero-order valence-electron chi connectivity index (χ0n) is 34.6. The number of halogens is 2. The van der Waals surface area contributed by atoms with Crippen LogP contribution >= 0.6 is 45.2 Å². The van der Waals surface area contributed by atoms with Crippen molar-refractivity contribution in [3.8, 4) is 28.7 Å². The van der Waals surface area contributed by atoms with Crippen molar-refractivity contribution in [2.45, 2.75) is 87.5 Å². The molecule has 0 aromatic heterocycles. The van der Waals surface area contributed by atoms with E-state index in [-0.39, 0.29) is 32.1 Å². The Morgan fingerprint density at radius 3 is 0.633 bits per heavy atom. The van der Waals surface area contributed by atoms with Gasteiger partial charge in [-0.3, -0.25) is 24.0 Å². The summed E-state index contributed by atoms with van der Waals surface area (Å²) in [5, 5.41) is 0. The normalized spacial score (nSPS) is 12.2. The minimum absolute atomic E-state index is 0.223. The lowest BCUT2D eigenvalue weighted by molar-refractivity contribution is -0.133. The first-order valence-corrected chi connectivity index (χ1v) is 21.4. The van der Waals surface area contributed by atoms with Gasteiger partial charge in [0.15, 0.2) is 0 Å². The van der Waals surface area contributed by atoms with Crippen molar-refractivity contribution >= 4 is 75.0 Å². The number of esters is 5. The van der Waals surface area contributed by atoms with Crippen molar-refractivity contribution in [2.24, 2.45) is 0 Å². The highest BCUT2D eigenvalue weighted by atomic mass is 127. The molecule has 1 aliphatic carbocycles. The lowest BCUT2D eigenvalue weighted by Gasteiger charge is -2.22. The highest BCUT2D eigenvalue weighted by molar-refractivity contribution is 14.1. The maximum Gasteiger partial charge on any atom is 0.308 e. The summed E-state index contributed by atoms with van der Waals surface area (Å²) in [6.45, 7) is 12.5. The van der Waals surface area contributed by atoms with Crippen molar-refractivity contribution in [3.05, 3.63) is 140 Å². The van der Waals surface area contributed by atoms with E-state index in [1.807, 2.05) is 81.4 Å². The fraction of sp³-hybridized carbons (Fsp3) is 0.271. The second-order valence-electron chi connectivity index (χ2n) is 15.2. The number of hydrogen-bond donors (Lipinski definition) is 0. The first kappa shape index (κ1) is 44.5. The molecule has 10 bridgehead atoms. The van der Waals surface area contributed by atoms with Crippen LogP contribution < -0.4 is 23.7 Å². The molecule has 5 aromatic rings.